The van der Waals surface area contributed by atoms with E-state index in [1.165, 1.54) is 6.92 Å². The zero-order valence-electron chi connectivity index (χ0n) is 39.2. The number of phosphoric acid groups is 5. The highest BCUT2D eigenvalue weighted by atomic mass is 31.3. The molecule has 4 aliphatic rings. The molecule has 0 spiro atoms. The normalized spacial score (nSPS) is 31.5. The number of aliphatic hydroxyl groups is 3. The van der Waals surface area contributed by atoms with Gasteiger partial charge in [-0.25, -0.2) is 42.8 Å². The van der Waals surface area contributed by atoms with Crippen LogP contribution in [0.5, 0.6) is 0 Å². The molecule has 0 radical (unpaired) electrons. The summed E-state index contributed by atoms with van der Waals surface area (Å²) in [6, 6.07) is 0. The third-order valence-electron chi connectivity index (χ3n) is 11.7. The van der Waals surface area contributed by atoms with E-state index in [1.807, 2.05) is 0 Å². The van der Waals surface area contributed by atoms with Crippen LogP contribution in [0, 0.1) is 6.92 Å². The van der Waals surface area contributed by atoms with E-state index in [1.54, 1.807) is 0 Å². The number of nitrogen functional groups attached to an aromatic ring is 1. The number of aliphatic imine (C=N–C) groups is 1. The van der Waals surface area contributed by atoms with Crippen molar-refractivity contribution in [3.8, 4) is 0 Å². The van der Waals surface area contributed by atoms with Crippen molar-refractivity contribution in [1.82, 2.24) is 48.6 Å². The molecule has 0 amide bonds. The van der Waals surface area contributed by atoms with Crippen molar-refractivity contribution in [2.75, 3.05) is 38.0 Å². The third kappa shape index (κ3) is 12.2. The molecule has 3 fully saturated rings. The van der Waals surface area contributed by atoms with E-state index in [4.69, 9.17) is 58.3 Å². The average molecular weight is 1210 g/mol. The lowest BCUT2D eigenvalue weighted by molar-refractivity contribution is -0.0628. The fourth-order valence-electron chi connectivity index (χ4n) is 8.46. The molecule has 5 aromatic rings. The number of phosphoric ester groups is 3. The average Bonchev–Trinajstić information content (AvgIpc) is 4.40. The summed E-state index contributed by atoms with van der Waals surface area (Å²) in [4.78, 5) is 114. The van der Waals surface area contributed by atoms with E-state index in [2.05, 4.69) is 58.3 Å². The Bertz CT molecular complexity index is 3480. The lowest BCUT2D eigenvalue weighted by Crippen LogP contribution is -2.38. The van der Waals surface area contributed by atoms with Gasteiger partial charge in [0.25, 0.3) is 11.1 Å². The van der Waals surface area contributed by atoms with Crippen molar-refractivity contribution in [1.29, 1.82) is 0 Å². The van der Waals surface area contributed by atoms with Gasteiger partial charge in [-0.05, 0) is 6.92 Å². The molecule has 78 heavy (non-hydrogen) atoms. The number of hydrogen-bond donors (Lipinski definition) is 14. The summed E-state index contributed by atoms with van der Waals surface area (Å²) in [5, 5.41) is 36.2. The van der Waals surface area contributed by atoms with Crippen LogP contribution in [0.2, 0.25) is 0 Å². The Hall–Kier alpha value is -4.51. The second-order valence-corrected chi connectivity index (χ2v) is 24.2. The molecule has 0 aliphatic carbocycles. The van der Waals surface area contributed by atoms with E-state index in [0.29, 0.717) is 0 Å². The molecule has 9 rings (SSSR count). The SMILES string of the molecule is CO[C@H]1C(OP(=O)(O)OC[C@H]2O[C@@H](n3cnc4c(=O)[nH]c(C)nc43)[C@@H](O)C2O)[C@@H](COP(=O)(O)OC2[C@@H](COP(=O)(O)OP(=O)(O)OP(=O)(O)O)O[C@@H](n3cnc4c3NC=NC4N)[C@H]2O)O[C@H]1n1cnc2c(=O)[nH]c(N)nc21. The topological polar surface area (TPSA) is 590 Å². The van der Waals surface area contributed by atoms with Gasteiger partial charge >= 0.3 is 39.1 Å². The van der Waals surface area contributed by atoms with Crippen LogP contribution in [-0.2, 0) is 73.0 Å². The lowest BCUT2D eigenvalue weighted by atomic mass is 10.1. The number of nitrogens with one attached hydrogen (secondary N) is 3. The summed E-state index contributed by atoms with van der Waals surface area (Å²) in [5.74, 6) is -0.178. The standard InChI is InChI=1S/C32H45N14O27P5/c1-10-40-25-15(27(50)41-10)38-8-45(25)29-18(48)17(47)11(67-29)3-64-76(57,58)71-21-13(69-31(22(21)63-2)46-9-39-16-26(46)42-32(34)43-28(16)51)5-65-75(55,56)70-20-12(4-66-77(59,60)73-78(61,62)72-74(52,53)54)68-30(19(20)49)44-7-37-14-23(33)35-6-36-24(14)44/h6-9,11-13,17-23,29-31,47-49H,3-5,33H2,1-2H3,(H,35,36)(H,55,56)(H,57,58)(H,59,60)(H,61,62)(H,40,41,50)(H2,52,53,54)(H3,34,42,43,51)/t11-,12-,13-,17?,18+,19+,20?,21?,22+,23?,29-,30-,31-/m1/s1. The van der Waals surface area contributed by atoms with E-state index in [0.717, 1.165) is 46.1 Å². The molecule has 8 unspecified atom stereocenters. The van der Waals surface area contributed by atoms with Gasteiger partial charge in [0.1, 0.15) is 78.4 Å². The summed E-state index contributed by atoms with van der Waals surface area (Å²) in [7, 11) is -27.9. The first-order valence-corrected chi connectivity index (χ1v) is 29.3. The number of aromatic nitrogens is 10. The minimum Gasteiger partial charge on any atom is -0.387 e. The monoisotopic (exact) mass is 1210 g/mol. The number of H-pyrrole nitrogens is 2. The molecular formula is C32H45N14O27P5. The Kier molecular flexibility index (Phi) is 16.2. The Labute approximate surface area is 431 Å². The molecule has 430 valence electrons. The van der Waals surface area contributed by atoms with Crippen LogP contribution in [0.1, 0.15) is 36.4 Å². The fraction of sp³-hybridized carbons (Fsp3) is 0.562. The first kappa shape index (κ1) is 58.2. The second-order valence-electron chi connectivity index (χ2n) is 16.9. The molecule has 0 aromatic carbocycles. The second kappa shape index (κ2) is 21.8. The molecule has 17 atom stereocenters. The van der Waals surface area contributed by atoms with Gasteiger partial charge in [0.2, 0.25) is 5.95 Å². The number of methoxy groups -OCH3 is 1. The minimum atomic E-state index is -6.06. The number of hydrogen-bond acceptors (Lipinski definition) is 30. The smallest absolute Gasteiger partial charge is 0.387 e. The maximum atomic E-state index is 14.0. The molecule has 3 saturated heterocycles. The molecule has 0 saturated carbocycles. The minimum absolute atomic E-state index is 0.0415. The maximum absolute atomic E-state index is 14.0. The first-order valence-electron chi connectivity index (χ1n) is 21.8. The summed E-state index contributed by atoms with van der Waals surface area (Å²) in [6.45, 7) is -2.06. The largest absolute Gasteiger partial charge is 0.490 e. The highest BCUT2D eigenvalue weighted by Crippen LogP contribution is 2.66. The number of nitrogens with two attached hydrogens (primary N) is 2. The Morgan fingerprint density at radius 3 is 1.81 bits per heavy atom. The zero-order chi connectivity index (χ0) is 56.6. The van der Waals surface area contributed by atoms with Gasteiger partial charge in [-0.3, -0.25) is 55.9 Å². The van der Waals surface area contributed by atoms with Crippen molar-refractivity contribution in [3.63, 3.8) is 0 Å². The molecule has 41 nitrogen and oxygen atoms in total. The highest BCUT2D eigenvalue weighted by molar-refractivity contribution is 7.66. The van der Waals surface area contributed by atoms with E-state index in [9.17, 15) is 67.3 Å². The van der Waals surface area contributed by atoms with Gasteiger partial charge in [0.15, 0.2) is 41.0 Å². The lowest BCUT2D eigenvalue weighted by Gasteiger charge is -2.27. The van der Waals surface area contributed by atoms with Crippen LogP contribution in [0.15, 0.2) is 33.6 Å². The quantitative estimate of drug-likeness (QED) is 0.0318. The Balaban J connectivity index is 0.951. The molecule has 46 heteroatoms. The van der Waals surface area contributed by atoms with Gasteiger partial charge in [-0.2, -0.15) is 13.6 Å². The summed E-state index contributed by atoms with van der Waals surface area (Å²) in [5.41, 5.74) is 9.72. The predicted octanol–water partition coefficient (Wildman–Crippen LogP) is -3.41. The third-order valence-corrected chi connectivity index (χ3v) is 17.5. The van der Waals surface area contributed by atoms with E-state index < -0.39 is 156 Å². The molecule has 4 aliphatic heterocycles. The van der Waals surface area contributed by atoms with Crippen LogP contribution in [-0.4, -0.2) is 181 Å². The number of anilines is 2. The predicted molar refractivity (Wildman–Crippen MR) is 248 cm³/mol. The molecule has 0 bridgehead atoms. The molecular weight excluding hydrogens is 1170 g/mol. The first-order chi connectivity index (χ1) is 36.4. The number of aliphatic hydroxyl groups excluding tert-OH is 3. The van der Waals surface area contributed by atoms with Crippen LogP contribution < -0.4 is 27.9 Å². The van der Waals surface area contributed by atoms with Gasteiger partial charge in [0, 0.05) is 7.11 Å². The van der Waals surface area contributed by atoms with Gasteiger partial charge in [-0.15, -0.1) is 0 Å². The Morgan fingerprint density at radius 1 is 0.641 bits per heavy atom. The Morgan fingerprint density at radius 2 is 1.17 bits per heavy atom. The number of imidazole rings is 3. The molecule has 5 aromatic heterocycles. The van der Waals surface area contributed by atoms with E-state index in [-0.39, 0.29) is 39.7 Å². The van der Waals surface area contributed by atoms with E-state index >= 15 is 0 Å². The van der Waals surface area contributed by atoms with Crippen molar-refractivity contribution in [2.24, 2.45) is 10.7 Å². The fourth-order valence-corrected chi connectivity index (χ4v) is 13.4. The van der Waals surface area contributed by atoms with Crippen LogP contribution in [0.25, 0.3) is 22.3 Å². The number of rotatable bonds is 21. The van der Waals surface area contributed by atoms with Crippen molar-refractivity contribution in [2.45, 2.75) is 86.7 Å². The molecule has 9 heterocycles. The number of ether oxygens (including phenoxy) is 4. The summed E-state index contributed by atoms with van der Waals surface area (Å²) in [6.07, 6.45) is -18.3. The van der Waals surface area contributed by atoms with Crippen molar-refractivity contribution < 1.29 is 118 Å². The summed E-state index contributed by atoms with van der Waals surface area (Å²) >= 11 is 0. The van der Waals surface area contributed by atoms with Crippen LogP contribution >= 0.6 is 39.1 Å². The number of aryl methyl sites for hydroxylation is 1. The van der Waals surface area contributed by atoms with Crippen molar-refractivity contribution >= 4 is 79.5 Å². The number of aromatic amines is 2. The highest BCUT2D eigenvalue weighted by Gasteiger charge is 2.55. The number of nitrogens with zero attached hydrogens (tertiary/aromatic N) is 9. The van der Waals surface area contributed by atoms with Crippen molar-refractivity contribution in [3.05, 3.63) is 51.2 Å². The van der Waals surface area contributed by atoms with Crippen LogP contribution in [0.3, 0.4) is 0 Å². The van der Waals surface area contributed by atoms with Gasteiger partial charge < -0.3 is 85.4 Å². The summed E-state index contributed by atoms with van der Waals surface area (Å²) < 4.78 is 124. The zero-order valence-corrected chi connectivity index (χ0v) is 43.7. The maximum Gasteiger partial charge on any atom is 0.490 e. The van der Waals surface area contributed by atoms with Gasteiger partial charge in [0.05, 0.1) is 45.1 Å². The van der Waals surface area contributed by atoms with Gasteiger partial charge in [-0.1, -0.05) is 0 Å². The number of fused-ring (bicyclic) bond motifs is 3. The van der Waals surface area contributed by atoms with Crippen LogP contribution in [0.4, 0.5) is 11.8 Å². The molecule has 16 N–H and O–H groups in total.